The van der Waals surface area contributed by atoms with E-state index in [9.17, 15) is 9.59 Å². The van der Waals surface area contributed by atoms with Crippen molar-refractivity contribution < 1.29 is 23.8 Å². The van der Waals surface area contributed by atoms with Crippen LogP contribution in [0.2, 0.25) is 0 Å². The van der Waals surface area contributed by atoms with Crippen LogP contribution in [-0.4, -0.2) is 37.4 Å². The van der Waals surface area contributed by atoms with E-state index in [1.807, 2.05) is 30.3 Å². The molecule has 1 heterocycles. The molecule has 0 aromatic heterocycles. The highest BCUT2D eigenvalue weighted by atomic mass is 16.5. The van der Waals surface area contributed by atoms with Gasteiger partial charge in [-0.3, -0.25) is 4.79 Å². The topological polar surface area (TPSA) is 73.9 Å². The number of methoxy groups -OCH3 is 1. The van der Waals surface area contributed by atoms with Crippen molar-refractivity contribution in [2.75, 3.05) is 13.7 Å². The molecule has 1 aliphatic heterocycles. The summed E-state index contributed by atoms with van der Waals surface area (Å²) in [5, 5.41) is 2.84. The molecular weight excluding hydrogens is 322 g/mol. The average molecular weight is 347 g/mol. The number of carbonyl (C=O) groups is 2. The zero-order valence-corrected chi connectivity index (χ0v) is 14.5. The maximum absolute atomic E-state index is 12.2. The van der Waals surface area contributed by atoms with Crippen LogP contribution in [0.3, 0.4) is 0 Å². The summed E-state index contributed by atoms with van der Waals surface area (Å²) in [5.41, 5.74) is 0.592. The van der Waals surface area contributed by atoms with E-state index in [0.717, 1.165) is 24.8 Å². The Labute approximate surface area is 147 Å². The van der Waals surface area contributed by atoms with E-state index in [-0.39, 0.29) is 24.2 Å². The van der Waals surface area contributed by atoms with Crippen LogP contribution in [0, 0.1) is 5.92 Å². The predicted molar refractivity (Wildman–Crippen MR) is 90.8 cm³/mol. The van der Waals surface area contributed by atoms with Crippen molar-refractivity contribution in [3.63, 3.8) is 0 Å². The fraction of sp³-hybridized carbons (Fsp3) is 0.579. The number of rotatable bonds is 4. The summed E-state index contributed by atoms with van der Waals surface area (Å²) in [7, 11) is 1.37. The zero-order chi connectivity index (χ0) is 17.7. The first kappa shape index (κ1) is 17.7. The van der Waals surface area contributed by atoms with Gasteiger partial charge in [0.05, 0.1) is 18.6 Å². The fourth-order valence-electron chi connectivity index (χ4n) is 3.87. The Morgan fingerprint density at radius 2 is 2.04 bits per heavy atom. The summed E-state index contributed by atoms with van der Waals surface area (Å²) in [6.07, 6.45) is 3.73. The van der Waals surface area contributed by atoms with E-state index in [4.69, 9.17) is 14.2 Å². The van der Waals surface area contributed by atoms with Crippen LogP contribution in [0.25, 0.3) is 0 Å². The first-order valence-corrected chi connectivity index (χ1v) is 8.81. The number of ether oxygens (including phenoxy) is 3. The van der Waals surface area contributed by atoms with Crippen molar-refractivity contribution in [1.29, 1.82) is 0 Å². The molecule has 1 amide bonds. The number of nitrogens with one attached hydrogen (secondary N) is 1. The number of esters is 1. The molecule has 1 aliphatic carbocycles. The third-order valence-corrected chi connectivity index (χ3v) is 5.12. The van der Waals surface area contributed by atoms with Crippen molar-refractivity contribution in [2.24, 2.45) is 5.92 Å². The van der Waals surface area contributed by atoms with Crippen LogP contribution < -0.4 is 5.32 Å². The third-order valence-electron chi connectivity index (χ3n) is 5.12. The van der Waals surface area contributed by atoms with Crippen molar-refractivity contribution in [3.05, 3.63) is 35.9 Å². The SMILES string of the molecule is COC(=O)[C@H]1CC2(CCCCO2)C[C@H]1NC(=O)OCc1ccccc1. The Morgan fingerprint density at radius 1 is 1.24 bits per heavy atom. The molecule has 2 fully saturated rings. The molecule has 3 atom stereocenters. The lowest BCUT2D eigenvalue weighted by Gasteiger charge is -2.33. The minimum atomic E-state index is -0.518. The van der Waals surface area contributed by atoms with E-state index in [2.05, 4.69) is 5.32 Å². The lowest BCUT2D eigenvalue weighted by molar-refractivity contribution is -0.147. The predicted octanol–water partition coefficient (Wildman–Crippen LogP) is 2.80. The minimum absolute atomic E-state index is 0.198. The van der Waals surface area contributed by atoms with Crippen LogP contribution >= 0.6 is 0 Å². The van der Waals surface area contributed by atoms with E-state index in [1.165, 1.54) is 7.11 Å². The van der Waals surface area contributed by atoms with E-state index >= 15 is 0 Å². The number of hydrogen-bond acceptors (Lipinski definition) is 5. The van der Waals surface area contributed by atoms with Gasteiger partial charge in [0.15, 0.2) is 0 Å². The Balaban J connectivity index is 1.60. The quantitative estimate of drug-likeness (QED) is 0.848. The molecule has 0 bridgehead atoms. The fourth-order valence-corrected chi connectivity index (χ4v) is 3.87. The van der Waals surface area contributed by atoms with Crippen molar-refractivity contribution in [3.8, 4) is 0 Å². The second kappa shape index (κ2) is 7.87. The molecule has 1 spiro atoms. The van der Waals surface area contributed by atoms with Crippen LogP contribution in [0.1, 0.15) is 37.7 Å². The average Bonchev–Trinajstić information content (AvgIpc) is 2.98. The van der Waals surface area contributed by atoms with Gasteiger partial charge in [-0.2, -0.15) is 0 Å². The molecule has 136 valence electrons. The van der Waals surface area contributed by atoms with Gasteiger partial charge in [0.1, 0.15) is 6.61 Å². The molecule has 1 aromatic rings. The molecule has 1 aromatic carbocycles. The molecule has 6 nitrogen and oxygen atoms in total. The lowest BCUT2D eigenvalue weighted by Crippen LogP contribution is -2.41. The molecule has 1 saturated heterocycles. The highest BCUT2D eigenvalue weighted by molar-refractivity contribution is 5.76. The smallest absolute Gasteiger partial charge is 0.407 e. The van der Waals surface area contributed by atoms with Gasteiger partial charge in [0, 0.05) is 12.6 Å². The van der Waals surface area contributed by atoms with Crippen molar-refractivity contribution >= 4 is 12.1 Å². The van der Waals surface area contributed by atoms with Gasteiger partial charge in [-0.15, -0.1) is 0 Å². The number of alkyl carbamates (subject to hydrolysis) is 1. The molecule has 2 aliphatic rings. The Kier molecular flexibility index (Phi) is 5.58. The Morgan fingerprint density at radius 3 is 2.72 bits per heavy atom. The third kappa shape index (κ3) is 4.31. The van der Waals surface area contributed by atoms with Gasteiger partial charge in [0.2, 0.25) is 0 Å². The minimum Gasteiger partial charge on any atom is -0.469 e. The zero-order valence-electron chi connectivity index (χ0n) is 14.5. The lowest BCUT2D eigenvalue weighted by atomic mass is 9.91. The van der Waals surface area contributed by atoms with Gasteiger partial charge in [-0.1, -0.05) is 30.3 Å². The molecule has 6 heteroatoms. The maximum atomic E-state index is 12.2. The molecule has 1 N–H and O–H groups in total. The molecule has 3 rings (SSSR count). The van der Waals surface area contributed by atoms with Gasteiger partial charge in [0.25, 0.3) is 0 Å². The second-order valence-electron chi connectivity index (χ2n) is 6.84. The molecule has 1 saturated carbocycles. The Hall–Kier alpha value is -2.08. The van der Waals surface area contributed by atoms with Crippen LogP contribution in [0.4, 0.5) is 4.79 Å². The van der Waals surface area contributed by atoms with Gasteiger partial charge in [-0.05, 0) is 37.7 Å². The maximum Gasteiger partial charge on any atom is 0.407 e. The highest BCUT2D eigenvalue weighted by Crippen LogP contribution is 2.43. The van der Waals surface area contributed by atoms with E-state index in [1.54, 1.807) is 0 Å². The largest absolute Gasteiger partial charge is 0.469 e. The summed E-state index contributed by atoms with van der Waals surface area (Å²) in [4.78, 5) is 24.3. The number of hydrogen-bond donors (Lipinski definition) is 1. The first-order chi connectivity index (χ1) is 12.1. The van der Waals surface area contributed by atoms with Gasteiger partial charge >= 0.3 is 12.1 Å². The van der Waals surface area contributed by atoms with Crippen LogP contribution in [-0.2, 0) is 25.6 Å². The van der Waals surface area contributed by atoms with Crippen LogP contribution in [0.5, 0.6) is 0 Å². The van der Waals surface area contributed by atoms with Gasteiger partial charge < -0.3 is 19.5 Å². The van der Waals surface area contributed by atoms with Crippen molar-refractivity contribution in [1.82, 2.24) is 5.32 Å². The number of benzene rings is 1. The van der Waals surface area contributed by atoms with Crippen LogP contribution in [0.15, 0.2) is 30.3 Å². The summed E-state index contributed by atoms with van der Waals surface area (Å²) in [5.74, 6) is -0.702. The monoisotopic (exact) mass is 347 g/mol. The van der Waals surface area contributed by atoms with Gasteiger partial charge in [-0.25, -0.2) is 4.79 Å². The molecular formula is C19H25NO5. The summed E-state index contributed by atoms with van der Waals surface area (Å²) in [6.45, 7) is 0.906. The normalized spacial score (nSPS) is 28.5. The molecule has 25 heavy (non-hydrogen) atoms. The second-order valence-corrected chi connectivity index (χ2v) is 6.84. The Bertz CT molecular complexity index is 597. The summed E-state index contributed by atoms with van der Waals surface area (Å²) >= 11 is 0. The standard InChI is InChI=1S/C19H25NO5/c1-23-17(21)15-11-19(9-5-6-10-25-19)12-16(15)20-18(22)24-13-14-7-3-2-4-8-14/h2-4,7-8,15-16H,5-6,9-13H2,1H3,(H,20,22)/t15-,16+,19?/m0/s1. The first-order valence-electron chi connectivity index (χ1n) is 8.81. The van der Waals surface area contributed by atoms with E-state index < -0.39 is 12.0 Å². The summed E-state index contributed by atoms with van der Waals surface area (Å²) < 4.78 is 16.2. The molecule has 1 unspecified atom stereocenters. The highest BCUT2D eigenvalue weighted by Gasteiger charge is 2.50. The number of carbonyl (C=O) groups excluding carboxylic acids is 2. The van der Waals surface area contributed by atoms with E-state index in [0.29, 0.717) is 19.4 Å². The number of amides is 1. The van der Waals surface area contributed by atoms with Crippen molar-refractivity contribution in [2.45, 2.75) is 50.4 Å². The summed E-state index contributed by atoms with van der Waals surface area (Å²) in [6, 6.07) is 9.16. The molecule has 0 radical (unpaired) electrons.